The zero-order valence-electron chi connectivity index (χ0n) is 13.0. The predicted octanol–water partition coefficient (Wildman–Crippen LogP) is 4.15. The van der Waals surface area contributed by atoms with Gasteiger partial charge in [-0.1, -0.05) is 15.9 Å². The van der Waals surface area contributed by atoms with Crippen molar-refractivity contribution in [1.82, 2.24) is 4.72 Å². The minimum atomic E-state index is -3.57. The summed E-state index contributed by atoms with van der Waals surface area (Å²) in [7, 11) is -3.57. The smallest absolute Gasteiger partial charge is 0.255 e. The first kappa shape index (κ1) is 19.1. The molecular weight excluding hydrogens is 460 g/mol. The van der Waals surface area contributed by atoms with E-state index in [0.717, 1.165) is 8.95 Å². The molecule has 0 fully saturated rings. The average Bonchev–Trinajstić information content (AvgIpc) is 2.50. The van der Waals surface area contributed by atoms with Crippen LogP contribution < -0.4 is 10.0 Å². The third-order valence-electron chi connectivity index (χ3n) is 2.99. The molecule has 2 aromatic carbocycles. The molecule has 5 nitrogen and oxygen atoms in total. The van der Waals surface area contributed by atoms with E-state index in [4.69, 9.17) is 0 Å². The molecule has 0 aliphatic rings. The fourth-order valence-corrected chi connectivity index (χ4v) is 3.91. The maximum absolute atomic E-state index is 12.3. The van der Waals surface area contributed by atoms with Gasteiger partial charge in [0.1, 0.15) is 0 Å². The first-order chi connectivity index (χ1) is 11.2. The number of benzene rings is 2. The van der Waals surface area contributed by atoms with Crippen molar-refractivity contribution in [3.8, 4) is 0 Å². The van der Waals surface area contributed by atoms with Crippen LogP contribution in [0, 0.1) is 0 Å². The van der Waals surface area contributed by atoms with Crippen molar-refractivity contribution in [2.24, 2.45) is 0 Å². The molecule has 0 bridgehead atoms. The van der Waals surface area contributed by atoms with Gasteiger partial charge >= 0.3 is 0 Å². The molecule has 24 heavy (non-hydrogen) atoms. The molecule has 0 atom stereocenters. The minimum absolute atomic E-state index is 0.122. The van der Waals surface area contributed by atoms with Crippen LogP contribution >= 0.6 is 31.9 Å². The average molecular weight is 476 g/mol. The Bertz CT molecular complexity index is 850. The Morgan fingerprint density at radius 3 is 2.25 bits per heavy atom. The van der Waals surface area contributed by atoms with Crippen molar-refractivity contribution < 1.29 is 13.2 Å². The molecule has 2 aromatic rings. The summed E-state index contributed by atoms with van der Waals surface area (Å²) in [5.74, 6) is -0.324. The van der Waals surface area contributed by atoms with Crippen LogP contribution in [0.3, 0.4) is 0 Å². The summed E-state index contributed by atoms with van der Waals surface area (Å²) in [5.41, 5.74) is 0.984. The van der Waals surface area contributed by atoms with Crippen molar-refractivity contribution in [2.75, 3.05) is 5.32 Å². The number of carbonyl (C=O) groups excluding carboxylic acids is 1. The lowest BCUT2D eigenvalue weighted by Crippen LogP contribution is -2.30. The lowest BCUT2D eigenvalue weighted by Gasteiger charge is -2.11. The highest BCUT2D eigenvalue weighted by Crippen LogP contribution is 2.26. The lowest BCUT2D eigenvalue weighted by atomic mass is 10.2. The molecule has 0 spiro atoms. The highest BCUT2D eigenvalue weighted by atomic mass is 79.9. The molecule has 0 aliphatic heterocycles. The van der Waals surface area contributed by atoms with Crippen LogP contribution in [0.4, 0.5) is 5.69 Å². The van der Waals surface area contributed by atoms with Gasteiger partial charge in [0.05, 0.1) is 10.6 Å². The first-order valence-electron chi connectivity index (χ1n) is 7.08. The highest BCUT2D eigenvalue weighted by molar-refractivity contribution is 9.11. The van der Waals surface area contributed by atoms with Crippen molar-refractivity contribution in [1.29, 1.82) is 0 Å². The normalized spacial score (nSPS) is 11.5. The highest BCUT2D eigenvalue weighted by Gasteiger charge is 2.16. The topological polar surface area (TPSA) is 75.3 Å². The maximum atomic E-state index is 12.3. The van der Waals surface area contributed by atoms with Crippen molar-refractivity contribution in [2.45, 2.75) is 24.8 Å². The molecule has 0 unspecified atom stereocenters. The molecule has 1 amide bonds. The summed E-state index contributed by atoms with van der Waals surface area (Å²) in [5, 5.41) is 2.78. The minimum Gasteiger partial charge on any atom is -0.321 e. The standard InChI is InChI=1S/C16H16Br2N2O3S/c1-10(2)20-24(22,23)13-6-3-11(4-7-13)16(21)19-15-9-12(17)5-8-14(15)18/h3-10,20H,1-2H3,(H,19,21). The van der Waals surface area contributed by atoms with Crippen LogP contribution in [0.5, 0.6) is 0 Å². The van der Waals surface area contributed by atoms with Gasteiger partial charge in [-0.05, 0) is 72.2 Å². The summed E-state index contributed by atoms with van der Waals surface area (Å²) in [6.07, 6.45) is 0. The molecule has 0 aromatic heterocycles. The van der Waals surface area contributed by atoms with Crippen LogP contribution in [0.15, 0.2) is 56.3 Å². The molecule has 128 valence electrons. The second-order valence-corrected chi connectivity index (χ2v) is 8.86. The molecule has 0 saturated heterocycles. The summed E-state index contributed by atoms with van der Waals surface area (Å²) in [6, 6.07) is 11.0. The van der Waals surface area contributed by atoms with Gasteiger partial charge in [-0.3, -0.25) is 4.79 Å². The van der Waals surface area contributed by atoms with Crippen molar-refractivity contribution in [3.05, 3.63) is 57.0 Å². The summed E-state index contributed by atoms with van der Waals surface area (Å²) in [4.78, 5) is 12.4. The molecule has 0 aliphatic carbocycles. The number of sulfonamides is 1. The predicted molar refractivity (Wildman–Crippen MR) is 102 cm³/mol. The van der Waals surface area contributed by atoms with Gasteiger partial charge in [0.2, 0.25) is 10.0 Å². The second kappa shape index (κ2) is 7.77. The van der Waals surface area contributed by atoms with Crippen LogP contribution in [-0.4, -0.2) is 20.4 Å². The van der Waals surface area contributed by atoms with E-state index in [-0.39, 0.29) is 16.8 Å². The van der Waals surface area contributed by atoms with Crippen LogP contribution in [0.25, 0.3) is 0 Å². The van der Waals surface area contributed by atoms with Crippen molar-refractivity contribution in [3.63, 3.8) is 0 Å². The largest absolute Gasteiger partial charge is 0.321 e. The maximum Gasteiger partial charge on any atom is 0.255 e. The molecule has 8 heteroatoms. The van der Waals surface area contributed by atoms with E-state index in [9.17, 15) is 13.2 Å². The van der Waals surface area contributed by atoms with Gasteiger partial charge in [0.25, 0.3) is 5.91 Å². The Morgan fingerprint density at radius 2 is 1.67 bits per heavy atom. The molecule has 0 radical (unpaired) electrons. The van der Waals surface area contributed by atoms with Gasteiger partial charge in [0, 0.05) is 20.6 Å². The number of carbonyl (C=O) groups is 1. The van der Waals surface area contributed by atoms with Gasteiger partial charge in [-0.25, -0.2) is 13.1 Å². The Morgan fingerprint density at radius 1 is 1.04 bits per heavy atom. The Labute approximate surface area is 158 Å². The van der Waals surface area contributed by atoms with Gasteiger partial charge < -0.3 is 5.32 Å². The second-order valence-electron chi connectivity index (χ2n) is 5.38. The summed E-state index contributed by atoms with van der Waals surface area (Å²) in [6.45, 7) is 3.49. The molecular formula is C16H16Br2N2O3S. The number of rotatable bonds is 5. The number of nitrogens with one attached hydrogen (secondary N) is 2. The van der Waals surface area contributed by atoms with Gasteiger partial charge in [-0.2, -0.15) is 0 Å². The number of hydrogen-bond donors (Lipinski definition) is 2. The fraction of sp³-hybridized carbons (Fsp3) is 0.188. The van der Waals surface area contributed by atoms with Crippen molar-refractivity contribution >= 4 is 53.5 Å². The first-order valence-corrected chi connectivity index (χ1v) is 10.1. The third kappa shape index (κ3) is 4.89. The summed E-state index contributed by atoms with van der Waals surface area (Å²) < 4.78 is 28.2. The van der Waals surface area contributed by atoms with E-state index in [2.05, 4.69) is 41.9 Å². The van der Waals surface area contributed by atoms with Crippen LogP contribution in [-0.2, 0) is 10.0 Å². The van der Waals surface area contributed by atoms with E-state index >= 15 is 0 Å². The molecule has 2 N–H and O–H groups in total. The third-order valence-corrected chi connectivity index (χ3v) is 5.85. The fourth-order valence-electron chi connectivity index (χ4n) is 1.95. The van der Waals surface area contributed by atoms with Gasteiger partial charge in [-0.15, -0.1) is 0 Å². The zero-order valence-corrected chi connectivity index (χ0v) is 17.0. The van der Waals surface area contributed by atoms with Crippen LogP contribution in [0.2, 0.25) is 0 Å². The van der Waals surface area contributed by atoms with Crippen LogP contribution in [0.1, 0.15) is 24.2 Å². The molecule has 0 heterocycles. The number of halogens is 2. The van der Waals surface area contributed by atoms with Gasteiger partial charge in [0.15, 0.2) is 0 Å². The van der Waals surface area contributed by atoms with E-state index in [0.29, 0.717) is 11.3 Å². The van der Waals surface area contributed by atoms with E-state index in [1.54, 1.807) is 19.9 Å². The monoisotopic (exact) mass is 474 g/mol. The summed E-state index contributed by atoms with van der Waals surface area (Å²) >= 11 is 6.72. The zero-order chi connectivity index (χ0) is 17.9. The van der Waals surface area contributed by atoms with E-state index < -0.39 is 10.0 Å². The Hall–Kier alpha value is -1.22. The molecule has 2 rings (SSSR count). The Kier molecular flexibility index (Phi) is 6.19. The van der Waals surface area contributed by atoms with E-state index in [1.165, 1.54) is 24.3 Å². The molecule has 0 saturated carbocycles. The number of hydrogen-bond acceptors (Lipinski definition) is 3. The number of anilines is 1. The quantitative estimate of drug-likeness (QED) is 0.681. The number of amides is 1. The Balaban J connectivity index is 2.18. The SMILES string of the molecule is CC(C)NS(=O)(=O)c1ccc(C(=O)Nc2cc(Br)ccc2Br)cc1. The van der Waals surface area contributed by atoms with E-state index in [1.807, 2.05) is 12.1 Å². The lowest BCUT2D eigenvalue weighted by molar-refractivity contribution is 0.102.